The van der Waals surface area contributed by atoms with Crippen LogP contribution in [0.15, 0.2) is 42.5 Å². The molecule has 0 spiro atoms. The van der Waals surface area contributed by atoms with Crippen molar-refractivity contribution in [2.45, 2.75) is 6.61 Å². The third-order valence-electron chi connectivity index (χ3n) is 2.61. The van der Waals surface area contributed by atoms with Crippen LogP contribution in [0.3, 0.4) is 0 Å². The van der Waals surface area contributed by atoms with Gasteiger partial charge in [0.25, 0.3) is 0 Å². The van der Waals surface area contributed by atoms with Crippen molar-refractivity contribution in [3.8, 4) is 5.75 Å². The molecule has 0 amide bonds. The van der Waals surface area contributed by atoms with Crippen LogP contribution in [0.2, 0.25) is 5.02 Å². The molecule has 0 aliphatic rings. The fourth-order valence-corrected chi connectivity index (χ4v) is 1.91. The molecule has 0 radical (unpaired) electrons. The normalized spacial score (nSPS) is 11.4. The van der Waals surface area contributed by atoms with Gasteiger partial charge in [-0.25, -0.2) is 4.39 Å². The smallest absolute Gasteiger partial charge is 0.492 e. The first-order valence-corrected chi connectivity index (χ1v) is 6.11. The molecule has 0 aliphatic carbocycles. The minimum atomic E-state index is -5.34. The van der Waals surface area contributed by atoms with Gasteiger partial charge in [-0.1, -0.05) is 29.2 Å². The number of hydrogen-bond acceptors (Lipinski definition) is 1. The summed E-state index contributed by atoms with van der Waals surface area (Å²) < 4.78 is 56.5. The van der Waals surface area contributed by atoms with Crippen LogP contribution in [-0.4, -0.2) is 6.98 Å². The average molecular weight is 303 g/mol. The van der Waals surface area contributed by atoms with E-state index in [4.69, 9.17) is 16.3 Å². The summed E-state index contributed by atoms with van der Waals surface area (Å²) >= 11 is 5.77. The lowest BCUT2D eigenvalue weighted by Gasteiger charge is -2.20. The van der Waals surface area contributed by atoms with Crippen molar-refractivity contribution in [2.75, 3.05) is 0 Å². The molecule has 1 nitrogen and oxygen atoms in total. The Morgan fingerprint density at radius 2 is 1.80 bits per heavy atom. The maximum atomic E-state index is 12.9. The van der Waals surface area contributed by atoms with Gasteiger partial charge in [-0.15, -0.1) is 0 Å². The summed E-state index contributed by atoms with van der Waals surface area (Å²) in [7, 11) is 0. The van der Waals surface area contributed by atoms with Crippen molar-refractivity contribution >= 4 is 24.0 Å². The maximum absolute atomic E-state index is 12.9. The van der Waals surface area contributed by atoms with E-state index in [1.165, 1.54) is 0 Å². The second-order valence-electron chi connectivity index (χ2n) is 4.18. The predicted octanol–water partition coefficient (Wildman–Crippen LogP) is 4.11. The Morgan fingerprint density at radius 3 is 2.45 bits per heavy atom. The third-order valence-corrected chi connectivity index (χ3v) is 2.84. The number of hydrogen-bond donors (Lipinski definition) is 0. The van der Waals surface area contributed by atoms with Crippen LogP contribution in [0.25, 0.3) is 0 Å². The van der Waals surface area contributed by atoms with Crippen molar-refractivity contribution in [1.82, 2.24) is 0 Å². The topological polar surface area (TPSA) is 9.23 Å². The minimum Gasteiger partial charge on any atom is -0.492 e. The van der Waals surface area contributed by atoms with Crippen molar-refractivity contribution in [2.24, 2.45) is 0 Å². The summed E-state index contributed by atoms with van der Waals surface area (Å²) in [4.78, 5) is 0. The fourth-order valence-electron chi connectivity index (χ4n) is 1.69. The highest BCUT2D eigenvalue weighted by molar-refractivity contribution is 6.74. The molecular weight excluding hydrogens is 294 g/mol. The standard InChI is InChI=1S/C13H9BClF4O/c15-10-3-1-2-9(6-10)8-20-13-5-4-11(16)7-12(13)14(17,18)19/h1-7H,8H2/q-1. The van der Waals surface area contributed by atoms with Gasteiger partial charge in [0, 0.05) is 5.02 Å². The molecule has 0 saturated carbocycles. The summed E-state index contributed by atoms with van der Waals surface area (Å²) in [6, 6.07) is 8.92. The highest BCUT2D eigenvalue weighted by atomic mass is 35.5. The Morgan fingerprint density at radius 1 is 1.05 bits per heavy atom. The lowest BCUT2D eigenvalue weighted by molar-refractivity contribution is 0.306. The molecule has 0 aromatic heterocycles. The van der Waals surface area contributed by atoms with Gasteiger partial charge in [-0.3, -0.25) is 0 Å². The van der Waals surface area contributed by atoms with Gasteiger partial charge in [-0.05, 0) is 35.9 Å². The Labute approximate surface area is 118 Å². The molecule has 0 heterocycles. The zero-order valence-electron chi connectivity index (χ0n) is 10.1. The molecular formula is C13H9BClF4O-. The number of halogens is 5. The Kier molecular flexibility index (Phi) is 4.23. The van der Waals surface area contributed by atoms with Crippen molar-refractivity contribution < 1.29 is 22.1 Å². The monoisotopic (exact) mass is 303 g/mol. The SMILES string of the molecule is Fc1ccc(OCc2cccc(Cl)c2)c([B-](F)(F)F)c1. The highest BCUT2D eigenvalue weighted by Gasteiger charge is 2.29. The molecule has 0 N–H and O–H groups in total. The molecule has 0 bridgehead atoms. The summed E-state index contributed by atoms with van der Waals surface area (Å²) in [5.74, 6) is -1.34. The molecule has 0 fully saturated rings. The third kappa shape index (κ3) is 3.66. The highest BCUT2D eigenvalue weighted by Crippen LogP contribution is 2.20. The van der Waals surface area contributed by atoms with E-state index in [1.54, 1.807) is 24.3 Å². The van der Waals surface area contributed by atoms with E-state index >= 15 is 0 Å². The van der Waals surface area contributed by atoms with Gasteiger partial charge < -0.3 is 17.7 Å². The van der Waals surface area contributed by atoms with Crippen LogP contribution < -0.4 is 10.2 Å². The molecule has 0 atom stereocenters. The first-order valence-electron chi connectivity index (χ1n) is 5.73. The van der Waals surface area contributed by atoms with E-state index in [9.17, 15) is 17.3 Å². The van der Waals surface area contributed by atoms with E-state index in [0.29, 0.717) is 16.7 Å². The van der Waals surface area contributed by atoms with Crippen LogP contribution in [0, 0.1) is 5.82 Å². The largest absolute Gasteiger partial charge is 0.513 e. The van der Waals surface area contributed by atoms with Gasteiger partial charge in [0.2, 0.25) is 0 Å². The zero-order valence-corrected chi connectivity index (χ0v) is 10.9. The van der Waals surface area contributed by atoms with Crippen LogP contribution in [0.1, 0.15) is 5.56 Å². The van der Waals surface area contributed by atoms with Crippen LogP contribution >= 0.6 is 11.6 Å². The van der Waals surface area contributed by atoms with Crippen LogP contribution in [-0.2, 0) is 6.61 Å². The second kappa shape index (κ2) is 5.75. The quantitative estimate of drug-likeness (QED) is 0.610. The Hall–Kier alpha value is -1.69. The first-order chi connectivity index (χ1) is 9.36. The summed E-state index contributed by atoms with van der Waals surface area (Å²) in [6.07, 6.45) is 0. The van der Waals surface area contributed by atoms with E-state index in [1.807, 2.05) is 0 Å². The van der Waals surface area contributed by atoms with E-state index in [2.05, 4.69) is 0 Å². The van der Waals surface area contributed by atoms with E-state index in [-0.39, 0.29) is 12.4 Å². The lowest BCUT2D eigenvalue weighted by Crippen LogP contribution is -2.35. The number of rotatable bonds is 4. The Bertz CT molecular complexity index is 616. The van der Waals surface area contributed by atoms with Gasteiger partial charge >= 0.3 is 6.98 Å². The molecule has 7 heteroatoms. The molecule has 2 rings (SSSR count). The van der Waals surface area contributed by atoms with E-state index < -0.39 is 18.3 Å². The molecule has 106 valence electrons. The van der Waals surface area contributed by atoms with Crippen LogP contribution in [0.4, 0.5) is 17.3 Å². The minimum absolute atomic E-state index is 0.0780. The van der Waals surface area contributed by atoms with Gasteiger partial charge in [-0.2, -0.15) is 0 Å². The fraction of sp³-hybridized carbons (Fsp3) is 0.0769. The maximum Gasteiger partial charge on any atom is 0.513 e. The first kappa shape index (κ1) is 14.7. The summed E-state index contributed by atoms with van der Waals surface area (Å²) in [5, 5.41) is 0.463. The summed E-state index contributed by atoms with van der Waals surface area (Å²) in [6.45, 7) is -5.42. The number of benzene rings is 2. The molecule has 20 heavy (non-hydrogen) atoms. The van der Waals surface area contributed by atoms with Gasteiger partial charge in [0.15, 0.2) is 0 Å². The molecule has 2 aromatic carbocycles. The zero-order chi connectivity index (χ0) is 14.8. The second-order valence-corrected chi connectivity index (χ2v) is 4.61. The van der Waals surface area contributed by atoms with Crippen LogP contribution in [0.5, 0.6) is 5.75 Å². The molecule has 0 unspecified atom stereocenters. The van der Waals surface area contributed by atoms with Gasteiger partial charge in [0.1, 0.15) is 12.4 Å². The Balaban J connectivity index is 2.21. The number of ether oxygens (including phenoxy) is 1. The summed E-state index contributed by atoms with van der Waals surface area (Å²) in [5.41, 5.74) is -0.450. The van der Waals surface area contributed by atoms with Crippen molar-refractivity contribution in [1.29, 1.82) is 0 Å². The van der Waals surface area contributed by atoms with E-state index in [0.717, 1.165) is 12.1 Å². The predicted molar refractivity (Wildman–Crippen MR) is 70.9 cm³/mol. The lowest BCUT2D eigenvalue weighted by atomic mass is 9.79. The average Bonchev–Trinajstić information content (AvgIpc) is 2.36. The van der Waals surface area contributed by atoms with Gasteiger partial charge in [0.05, 0.1) is 5.75 Å². The molecule has 0 saturated heterocycles. The molecule has 0 aliphatic heterocycles. The molecule has 2 aromatic rings. The van der Waals surface area contributed by atoms with Crippen molar-refractivity contribution in [3.05, 3.63) is 58.9 Å². The van der Waals surface area contributed by atoms with Crippen molar-refractivity contribution in [3.63, 3.8) is 0 Å².